The van der Waals surface area contributed by atoms with Gasteiger partial charge in [0, 0.05) is 38.1 Å². The molecule has 4 aromatic rings. The van der Waals surface area contributed by atoms with Crippen molar-refractivity contribution in [3.05, 3.63) is 70.5 Å². The van der Waals surface area contributed by atoms with Gasteiger partial charge in [0.25, 0.3) is 5.91 Å². The molecule has 1 aromatic carbocycles. The van der Waals surface area contributed by atoms with Gasteiger partial charge >= 0.3 is 6.18 Å². The summed E-state index contributed by atoms with van der Waals surface area (Å²) in [5, 5.41) is 3.40. The zero-order valence-electron chi connectivity index (χ0n) is 19.6. The predicted molar refractivity (Wildman–Crippen MR) is 135 cm³/mol. The molecule has 3 aromatic heterocycles. The van der Waals surface area contributed by atoms with Crippen LogP contribution in [0.5, 0.6) is 0 Å². The normalized spacial score (nSPS) is 14.4. The van der Waals surface area contributed by atoms with E-state index in [-0.39, 0.29) is 5.69 Å². The molecule has 0 spiro atoms. The molecule has 1 N–H and O–H groups in total. The number of nitrogens with one attached hydrogen (secondary N) is 1. The number of thiophene rings is 1. The number of aryl methyl sites for hydroxylation is 2. The number of alkyl halides is 3. The number of benzene rings is 1. The van der Waals surface area contributed by atoms with E-state index in [9.17, 15) is 18.0 Å². The molecule has 36 heavy (non-hydrogen) atoms. The number of hydrogen-bond donors (Lipinski definition) is 1. The van der Waals surface area contributed by atoms with Crippen molar-refractivity contribution >= 4 is 44.8 Å². The fourth-order valence-corrected chi connectivity index (χ4v) is 5.43. The van der Waals surface area contributed by atoms with Crippen LogP contribution in [0.3, 0.4) is 0 Å². The molecule has 4 heterocycles. The Labute approximate surface area is 209 Å². The number of nitrogens with zero attached hydrogens (tertiary/aromatic N) is 5. The van der Waals surface area contributed by atoms with Crippen molar-refractivity contribution in [3.63, 3.8) is 0 Å². The standard InChI is InChI=1S/C25H23F3N6OS/c1-15-20-22(34-12-10-33(11-13-34)19-8-3-4-9-29-19)30-16(2)31-24(20)36-21(15)23(35)32-18-7-5-6-17(14-18)25(26,27)28/h3-9,14H,10-13H2,1-2H3,(H,32,35). The van der Waals surface area contributed by atoms with E-state index in [0.29, 0.717) is 21.1 Å². The van der Waals surface area contributed by atoms with Gasteiger partial charge in [0.05, 0.1) is 15.8 Å². The lowest BCUT2D eigenvalue weighted by Crippen LogP contribution is -2.47. The van der Waals surface area contributed by atoms with E-state index in [1.165, 1.54) is 23.5 Å². The lowest BCUT2D eigenvalue weighted by Gasteiger charge is -2.36. The van der Waals surface area contributed by atoms with Crippen molar-refractivity contribution in [3.8, 4) is 0 Å². The fraction of sp³-hybridized carbons (Fsp3) is 0.280. The molecule has 0 aliphatic carbocycles. The molecule has 1 amide bonds. The molecule has 0 unspecified atom stereocenters. The molecule has 0 saturated carbocycles. The van der Waals surface area contributed by atoms with Crippen LogP contribution in [0.1, 0.15) is 26.6 Å². The van der Waals surface area contributed by atoms with Gasteiger partial charge in [0.15, 0.2) is 0 Å². The molecule has 11 heteroatoms. The molecular formula is C25H23F3N6OS. The van der Waals surface area contributed by atoms with E-state index in [0.717, 1.165) is 55.3 Å². The van der Waals surface area contributed by atoms with Crippen molar-refractivity contribution in [2.75, 3.05) is 41.3 Å². The van der Waals surface area contributed by atoms with Crippen LogP contribution in [0, 0.1) is 13.8 Å². The van der Waals surface area contributed by atoms with Crippen LogP contribution in [0.4, 0.5) is 30.5 Å². The molecule has 186 valence electrons. The Morgan fingerprint density at radius 2 is 1.75 bits per heavy atom. The van der Waals surface area contributed by atoms with Crippen LogP contribution < -0.4 is 15.1 Å². The van der Waals surface area contributed by atoms with Crippen LogP contribution in [0.2, 0.25) is 0 Å². The minimum absolute atomic E-state index is 0.0832. The van der Waals surface area contributed by atoms with Crippen LogP contribution in [-0.4, -0.2) is 47.0 Å². The van der Waals surface area contributed by atoms with Crippen LogP contribution in [0.25, 0.3) is 10.2 Å². The number of carbonyl (C=O) groups is 1. The van der Waals surface area contributed by atoms with Gasteiger partial charge in [-0.3, -0.25) is 4.79 Å². The van der Waals surface area contributed by atoms with E-state index in [2.05, 4.69) is 25.1 Å². The third-order valence-electron chi connectivity index (χ3n) is 6.09. The lowest BCUT2D eigenvalue weighted by molar-refractivity contribution is -0.137. The zero-order chi connectivity index (χ0) is 25.4. The number of fused-ring (bicyclic) bond motifs is 1. The van der Waals surface area contributed by atoms with Gasteiger partial charge in [0.2, 0.25) is 0 Å². The number of amides is 1. The molecule has 0 radical (unpaired) electrons. The van der Waals surface area contributed by atoms with Crippen molar-refractivity contribution in [2.24, 2.45) is 0 Å². The number of carbonyl (C=O) groups excluding carboxylic acids is 1. The van der Waals surface area contributed by atoms with E-state index >= 15 is 0 Å². The van der Waals surface area contributed by atoms with Gasteiger partial charge in [-0.1, -0.05) is 12.1 Å². The Hall–Kier alpha value is -3.73. The molecule has 0 bridgehead atoms. The number of hydrogen-bond acceptors (Lipinski definition) is 7. The minimum atomic E-state index is -4.49. The molecular weight excluding hydrogens is 489 g/mol. The lowest BCUT2D eigenvalue weighted by atomic mass is 10.1. The second-order valence-corrected chi connectivity index (χ2v) is 9.52. The quantitative estimate of drug-likeness (QED) is 0.400. The zero-order valence-corrected chi connectivity index (χ0v) is 20.5. The first-order chi connectivity index (χ1) is 17.2. The number of halogens is 3. The SMILES string of the molecule is Cc1nc(N2CCN(c3ccccn3)CC2)c2c(C)c(C(=O)Nc3cccc(C(F)(F)F)c3)sc2n1. The van der Waals surface area contributed by atoms with Crippen LogP contribution in [0.15, 0.2) is 48.7 Å². The van der Waals surface area contributed by atoms with E-state index in [4.69, 9.17) is 4.98 Å². The largest absolute Gasteiger partial charge is 0.416 e. The first-order valence-corrected chi connectivity index (χ1v) is 12.2. The third kappa shape index (κ3) is 4.70. The van der Waals surface area contributed by atoms with E-state index in [1.54, 1.807) is 6.20 Å². The molecule has 1 saturated heterocycles. The highest BCUT2D eigenvalue weighted by Crippen LogP contribution is 2.37. The number of piperazine rings is 1. The van der Waals surface area contributed by atoms with Gasteiger partial charge in [-0.2, -0.15) is 13.2 Å². The highest BCUT2D eigenvalue weighted by molar-refractivity contribution is 7.20. The number of aromatic nitrogens is 3. The summed E-state index contributed by atoms with van der Waals surface area (Å²) in [5.74, 6) is 1.82. The monoisotopic (exact) mass is 512 g/mol. The first-order valence-electron chi connectivity index (χ1n) is 11.4. The number of anilines is 3. The summed E-state index contributed by atoms with van der Waals surface area (Å²) in [6, 6.07) is 10.4. The molecule has 0 atom stereocenters. The summed E-state index contributed by atoms with van der Waals surface area (Å²) >= 11 is 1.22. The Morgan fingerprint density at radius 1 is 1.00 bits per heavy atom. The van der Waals surface area contributed by atoms with E-state index in [1.807, 2.05) is 32.0 Å². The molecule has 7 nitrogen and oxygen atoms in total. The second-order valence-electron chi connectivity index (χ2n) is 8.53. The summed E-state index contributed by atoms with van der Waals surface area (Å²) in [5.41, 5.74) is -0.0246. The summed E-state index contributed by atoms with van der Waals surface area (Å²) in [4.78, 5) is 32.2. The Bertz CT molecular complexity index is 1410. The van der Waals surface area contributed by atoms with Crippen molar-refractivity contribution in [2.45, 2.75) is 20.0 Å². The minimum Gasteiger partial charge on any atom is -0.353 e. The number of rotatable bonds is 4. The highest BCUT2D eigenvalue weighted by Gasteiger charge is 2.31. The Kier molecular flexibility index (Phi) is 6.25. The average molecular weight is 513 g/mol. The summed E-state index contributed by atoms with van der Waals surface area (Å²) in [6.07, 6.45) is -2.71. The highest BCUT2D eigenvalue weighted by atomic mass is 32.1. The maximum atomic E-state index is 13.1. The van der Waals surface area contributed by atoms with Gasteiger partial charge in [-0.15, -0.1) is 11.3 Å². The molecule has 5 rings (SSSR count). The number of pyridine rings is 1. The van der Waals surface area contributed by atoms with E-state index < -0.39 is 17.6 Å². The topological polar surface area (TPSA) is 74.2 Å². The third-order valence-corrected chi connectivity index (χ3v) is 7.27. The van der Waals surface area contributed by atoms with Crippen molar-refractivity contribution in [1.82, 2.24) is 15.0 Å². The van der Waals surface area contributed by atoms with Crippen LogP contribution >= 0.6 is 11.3 Å². The first kappa shape index (κ1) is 24.0. The predicted octanol–water partition coefficient (Wildman–Crippen LogP) is 5.30. The smallest absolute Gasteiger partial charge is 0.353 e. The maximum absolute atomic E-state index is 13.1. The average Bonchev–Trinajstić information content (AvgIpc) is 3.20. The maximum Gasteiger partial charge on any atom is 0.416 e. The summed E-state index contributed by atoms with van der Waals surface area (Å²) in [7, 11) is 0. The van der Waals surface area contributed by atoms with Crippen molar-refractivity contribution in [1.29, 1.82) is 0 Å². The van der Waals surface area contributed by atoms with Gasteiger partial charge in [-0.25, -0.2) is 15.0 Å². The summed E-state index contributed by atoms with van der Waals surface area (Å²) < 4.78 is 39.2. The summed E-state index contributed by atoms with van der Waals surface area (Å²) in [6.45, 7) is 6.63. The molecule has 1 aliphatic rings. The molecule has 1 fully saturated rings. The Balaban J connectivity index is 1.41. The fourth-order valence-electron chi connectivity index (χ4n) is 4.32. The second kappa shape index (κ2) is 9.38. The Morgan fingerprint density at radius 3 is 2.44 bits per heavy atom. The van der Waals surface area contributed by atoms with Crippen LogP contribution in [-0.2, 0) is 6.18 Å². The van der Waals surface area contributed by atoms with Gasteiger partial charge in [0.1, 0.15) is 22.3 Å². The van der Waals surface area contributed by atoms with Gasteiger partial charge in [-0.05, 0) is 49.7 Å². The van der Waals surface area contributed by atoms with Gasteiger partial charge < -0.3 is 15.1 Å². The van der Waals surface area contributed by atoms with Crippen molar-refractivity contribution < 1.29 is 18.0 Å². The molecule has 1 aliphatic heterocycles.